The van der Waals surface area contributed by atoms with Crippen LogP contribution >= 0.6 is 0 Å². The standard InChI is InChI=1S/C15H22N4O3/c1-11-7-12(18-22-11)9-19-10-16-8-13(19)5-6-17-14(20)21-15(2,3)4/h7-8,10H,5-6,9H2,1-4H3,(H,17,20). The fourth-order valence-electron chi connectivity index (χ4n) is 1.97. The Bertz CT molecular complexity index is 625. The molecule has 2 aromatic rings. The minimum atomic E-state index is -0.489. The van der Waals surface area contributed by atoms with Crippen molar-refractivity contribution in [2.45, 2.75) is 46.3 Å². The van der Waals surface area contributed by atoms with E-state index >= 15 is 0 Å². The zero-order chi connectivity index (χ0) is 16.2. The van der Waals surface area contributed by atoms with Crippen LogP contribution in [-0.2, 0) is 17.7 Å². The number of aryl methyl sites for hydroxylation is 1. The van der Waals surface area contributed by atoms with Gasteiger partial charge < -0.3 is 19.1 Å². The molecule has 2 rings (SSSR count). The van der Waals surface area contributed by atoms with Gasteiger partial charge in [0.1, 0.15) is 17.1 Å². The number of carbonyl (C=O) groups is 1. The summed E-state index contributed by atoms with van der Waals surface area (Å²) in [6, 6.07) is 1.89. The van der Waals surface area contributed by atoms with E-state index in [0.717, 1.165) is 17.1 Å². The molecular formula is C15H22N4O3. The van der Waals surface area contributed by atoms with Crippen molar-refractivity contribution in [1.82, 2.24) is 20.0 Å². The second-order valence-electron chi connectivity index (χ2n) is 6.12. The molecule has 2 heterocycles. The highest BCUT2D eigenvalue weighted by Gasteiger charge is 2.15. The SMILES string of the molecule is Cc1cc(Cn2cncc2CCNC(=O)OC(C)(C)C)no1. The molecule has 120 valence electrons. The van der Waals surface area contributed by atoms with E-state index in [0.29, 0.717) is 19.5 Å². The molecule has 22 heavy (non-hydrogen) atoms. The molecule has 0 saturated carbocycles. The predicted octanol–water partition coefficient (Wildman–Crippen LogP) is 2.30. The summed E-state index contributed by atoms with van der Waals surface area (Å²) in [6.07, 6.45) is 3.78. The second-order valence-corrected chi connectivity index (χ2v) is 6.12. The molecule has 0 aliphatic heterocycles. The second kappa shape index (κ2) is 6.64. The fraction of sp³-hybridized carbons (Fsp3) is 0.533. The molecule has 2 aromatic heterocycles. The maximum absolute atomic E-state index is 11.6. The van der Waals surface area contributed by atoms with Gasteiger partial charge in [0.2, 0.25) is 0 Å². The third kappa shape index (κ3) is 4.91. The van der Waals surface area contributed by atoms with Gasteiger partial charge in [-0.25, -0.2) is 9.78 Å². The molecular weight excluding hydrogens is 284 g/mol. The van der Waals surface area contributed by atoms with Crippen molar-refractivity contribution in [2.24, 2.45) is 0 Å². The van der Waals surface area contributed by atoms with Crippen LogP contribution in [-0.4, -0.2) is 32.9 Å². The Hall–Kier alpha value is -2.31. The lowest BCUT2D eigenvalue weighted by Gasteiger charge is -2.19. The monoisotopic (exact) mass is 306 g/mol. The maximum Gasteiger partial charge on any atom is 0.407 e. The zero-order valence-corrected chi connectivity index (χ0v) is 13.4. The number of rotatable bonds is 5. The van der Waals surface area contributed by atoms with E-state index < -0.39 is 11.7 Å². The summed E-state index contributed by atoms with van der Waals surface area (Å²) in [4.78, 5) is 15.7. The zero-order valence-electron chi connectivity index (χ0n) is 13.4. The summed E-state index contributed by atoms with van der Waals surface area (Å²) >= 11 is 0. The van der Waals surface area contributed by atoms with Crippen molar-refractivity contribution in [1.29, 1.82) is 0 Å². The first-order valence-electron chi connectivity index (χ1n) is 7.21. The average molecular weight is 306 g/mol. The summed E-state index contributed by atoms with van der Waals surface area (Å²) in [5.41, 5.74) is 1.37. The third-order valence-corrected chi connectivity index (χ3v) is 2.86. The first kappa shape index (κ1) is 16.1. The number of alkyl carbamates (subject to hydrolysis) is 1. The molecule has 7 heteroatoms. The lowest BCUT2D eigenvalue weighted by molar-refractivity contribution is 0.0528. The van der Waals surface area contributed by atoms with E-state index in [1.165, 1.54) is 0 Å². The van der Waals surface area contributed by atoms with Gasteiger partial charge >= 0.3 is 6.09 Å². The average Bonchev–Trinajstić information content (AvgIpc) is 2.98. The Balaban J connectivity index is 1.84. The molecule has 0 aliphatic carbocycles. The van der Waals surface area contributed by atoms with Crippen molar-refractivity contribution in [3.8, 4) is 0 Å². The molecule has 0 atom stereocenters. The van der Waals surface area contributed by atoms with Crippen LogP contribution in [0.25, 0.3) is 0 Å². The third-order valence-electron chi connectivity index (χ3n) is 2.86. The molecule has 1 N–H and O–H groups in total. The highest BCUT2D eigenvalue weighted by molar-refractivity contribution is 5.67. The van der Waals surface area contributed by atoms with Crippen LogP contribution in [0, 0.1) is 6.92 Å². The Labute approximate surface area is 129 Å². The molecule has 0 unspecified atom stereocenters. The molecule has 0 fully saturated rings. The summed E-state index contributed by atoms with van der Waals surface area (Å²) in [5, 5.41) is 6.70. The Morgan fingerprint density at radius 3 is 2.86 bits per heavy atom. The molecule has 7 nitrogen and oxygen atoms in total. The lowest BCUT2D eigenvalue weighted by atomic mass is 10.2. The van der Waals surface area contributed by atoms with E-state index in [9.17, 15) is 4.79 Å². The van der Waals surface area contributed by atoms with Gasteiger partial charge in [-0.15, -0.1) is 0 Å². The van der Waals surface area contributed by atoms with Gasteiger partial charge in [0.15, 0.2) is 0 Å². The van der Waals surface area contributed by atoms with Crippen LogP contribution in [0.4, 0.5) is 4.79 Å². The van der Waals surface area contributed by atoms with Gasteiger partial charge in [0.05, 0.1) is 12.9 Å². The largest absolute Gasteiger partial charge is 0.444 e. The van der Waals surface area contributed by atoms with Crippen LogP contribution in [0.15, 0.2) is 23.1 Å². The Morgan fingerprint density at radius 1 is 1.45 bits per heavy atom. The van der Waals surface area contributed by atoms with E-state index in [2.05, 4.69) is 15.5 Å². The van der Waals surface area contributed by atoms with Gasteiger partial charge in [-0.1, -0.05) is 5.16 Å². The number of hydrogen-bond donors (Lipinski definition) is 1. The van der Waals surface area contributed by atoms with Crippen molar-refractivity contribution in [3.05, 3.63) is 35.7 Å². The molecule has 0 saturated heterocycles. The number of imidazole rings is 1. The van der Waals surface area contributed by atoms with Crippen molar-refractivity contribution >= 4 is 6.09 Å². The predicted molar refractivity (Wildman–Crippen MR) is 80.5 cm³/mol. The van der Waals surface area contributed by atoms with Crippen molar-refractivity contribution in [3.63, 3.8) is 0 Å². The van der Waals surface area contributed by atoms with Crippen molar-refractivity contribution < 1.29 is 14.1 Å². The molecule has 0 spiro atoms. The molecule has 0 radical (unpaired) electrons. The Morgan fingerprint density at radius 2 is 2.23 bits per heavy atom. The lowest BCUT2D eigenvalue weighted by Crippen LogP contribution is -2.33. The van der Waals surface area contributed by atoms with Gasteiger partial charge in [-0.3, -0.25) is 0 Å². The van der Waals surface area contributed by atoms with Gasteiger partial charge in [0, 0.05) is 30.9 Å². The topological polar surface area (TPSA) is 82.2 Å². The number of nitrogens with one attached hydrogen (secondary N) is 1. The highest BCUT2D eigenvalue weighted by Crippen LogP contribution is 2.08. The number of ether oxygens (including phenoxy) is 1. The normalized spacial score (nSPS) is 11.5. The first-order chi connectivity index (χ1) is 10.3. The van der Waals surface area contributed by atoms with E-state index in [1.54, 1.807) is 12.5 Å². The quantitative estimate of drug-likeness (QED) is 0.916. The maximum atomic E-state index is 11.6. The summed E-state index contributed by atoms with van der Waals surface area (Å²) in [6.45, 7) is 8.44. The molecule has 0 bridgehead atoms. The van der Waals surface area contributed by atoms with E-state index in [-0.39, 0.29) is 0 Å². The van der Waals surface area contributed by atoms with Crippen LogP contribution < -0.4 is 5.32 Å². The van der Waals surface area contributed by atoms with Crippen LogP contribution in [0.2, 0.25) is 0 Å². The highest BCUT2D eigenvalue weighted by atomic mass is 16.6. The number of carbonyl (C=O) groups excluding carboxylic acids is 1. The van der Waals surface area contributed by atoms with Crippen molar-refractivity contribution in [2.75, 3.05) is 6.54 Å². The summed E-state index contributed by atoms with van der Waals surface area (Å²) in [5.74, 6) is 0.781. The number of amides is 1. The summed E-state index contributed by atoms with van der Waals surface area (Å²) in [7, 11) is 0. The smallest absolute Gasteiger partial charge is 0.407 e. The molecule has 0 aliphatic rings. The van der Waals surface area contributed by atoms with Crippen LogP contribution in [0.3, 0.4) is 0 Å². The molecule has 1 amide bonds. The first-order valence-corrected chi connectivity index (χ1v) is 7.21. The van der Waals surface area contributed by atoms with Gasteiger partial charge in [0.25, 0.3) is 0 Å². The molecule has 0 aromatic carbocycles. The number of nitrogens with zero attached hydrogens (tertiary/aromatic N) is 3. The van der Waals surface area contributed by atoms with Crippen LogP contribution in [0.5, 0.6) is 0 Å². The number of aromatic nitrogens is 3. The van der Waals surface area contributed by atoms with Gasteiger partial charge in [-0.2, -0.15) is 0 Å². The minimum Gasteiger partial charge on any atom is -0.444 e. The van der Waals surface area contributed by atoms with E-state index in [4.69, 9.17) is 9.26 Å². The number of hydrogen-bond acceptors (Lipinski definition) is 5. The fourth-order valence-corrected chi connectivity index (χ4v) is 1.97. The van der Waals surface area contributed by atoms with Crippen LogP contribution in [0.1, 0.15) is 37.9 Å². The minimum absolute atomic E-state index is 0.411. The Kier molecular flexibility index (Phi) is 4.85. The summed E-state index contributed by atoms with van der Waals surface area (Å²) < 4.78 is 12.2. The van der Waals surface area contributed by atoms with Gasteiger partial charge in [-0.05, 0) is 27.7 Å². The van der Waals surface area contributed by atoms with E-state index in [1.807, 2.05) is 38.3 Å².